The van der Waals surface area contributed by atoms with Gasteiger partial charge in [-0.25, -0.2) is 14.3 Å². The maximum Gasteiger partial charge on any atom is 0.410 e. The number of para-hydroxylation sites is 1. The fourth-order valence-electron chi connectivity index (χ4n) is 5.25. The molecule has 5 rings (SSSR count). The highest BCUT2D eigenvalue weighted by Gasteiger charge is 2.25. The number of nitrogens with one attached hydrogen (secondary N) is 2. The third-order valence-corrected chi connectivity index (χ3v) is 7.85. The van der Waals surface area contributed by atoms with Crippen molar-refractivity contribution in [2.24, 2.45) is 5.92 Å². The Labute approximate surface area is 254 Å². The second-order valence-corrected chi connectivity index (χ2v) is 12.3. The molecule has 0 saturated carbocycles. The number of carbonyl (C=O) groups excluding carboxylic acids is 2. The van der Waals surface area contributed by atoms with Crippen molar-refractivity contribution in [1.82, 2.24) is 14.7 Å². The van der Waals surface area contributed by atoms with Gasteiger partial charge in [0, 0.05) is 30.3 Å². The summed E-state index contributed by atoms with van der Waals surface area (Å²) < 4.78 is 7.30. The van der Waals surface area contributed by atoms with Gasteiger partial charge in [-0.15, -0.1) is 0 Å². The average Bonchev–Trinajstić information content (AvgIpc) is 3.42. The van der Waals surface area contributed by atoms with Crippen LogP contribution in [0.2, 0.25) is 0 Å². The molecule has 1 fully saturated rings. The third-order valence-electron chi connectivity index (χ3n) is 7.85. The van der Waals surface area contributed by atoms with E-state index in [2.05, 4.69) is 37.5 Å². The first-order valence-electron chi connectivity index (χ1n) is 14.9. The van der Waals surface area contributed by atoms with Crippen LogP contribution in [0.1, 0.15) is 56.0 Å². The minimum Gasteiger partial charge on any atom is -0.445 e. The SMILES string of the molecule is Cc1ccc(-n2nc(C(C)(C)C)cc2NC(=O)Nc2ccccc2CC2CCN(C(=O)OCc3ccccc3)CC2)cc1. The number of amides is 3. The smallest absolute Gasteiger partial charge is 0.410 e. The second kappa shape index (κ2) is 13.2. The van der Waals surface area contributed by atoms with Crippen LogP contribution >= 0.6 is 0 Å². The van der Waals surface area contributed by atoms with E-state index in [1.807, 2.05) is 85.8 Å². The molecular formula is C35H41N5O3. The summed E-state index contributed by atoms with van der Waals surface area (Å²) in [4.78, 5) is 27.7. The standard InChI is InChI=1S/C35H41N5O3/c1-25-14-16-29(17-15-25)40-32(23-31(38-40)35(2,3)4)37-33(41)36-30-13-9-8-12-28(30)22-26-18-20-39(21-19-26)34(42)43-24-27-10-6-5-7-11-27/h5-17,23,26H,18-22,24H2,1-4H3,(H2,36,37,41). The summed E-state index contributed by atoms with van der Waals surface area (Å²) in [5, 5.41) is 10.9. The van der Waals surface area contributed by atoms with Crippen molar-refractivity contribution >= 4 is 23.6 Å². The van der Waals surface area contributed by atoms with Crippen LogP contribution in [0.15, 0.2) is 84.9 Å². The van der Waals surface area contributed by atoms with Crippen LogP contribution < -0.4 is 10.6 Å². The summed E-state index contributed by atoms with van der Waals surface area (Å²) in [6.45, 7) is 9.96. The first-order chi connectivity index (χ1) is 20.7. The average molecular weight is 580 g/mol. The number of nitrogens with zero attached hydrogens (tertiary/aromatic N) is 3. The Morgan fingerprint density at radius 2 is 1.58 bits per heavy atom. The van der Waals surface area contributed by atoms with Crippen molar-refractivity contribution in [3.8, 4) is 5.69 Å². The minimum absolute atomic E-state index is 0.177. The molecule has 0 atom stereocenters. The molecule has 1 aromatic heterocycles. The topological polar surface area (TPSA) is 88.5 Å². The molecule has 43 heavy (non-hydrogen) atoms. The summed E-state index contributed by atoms with van der Waals surface area (Å²) in [6, 6.07) is 27.3. The Hall–Kier alpha value is -4.59. The minimum atomic E-state index is -0.322. The van der Waals surface area contributed by atoms with E-state index < -0.39 is 0 Å². The highest BCUT2D eigenvalue weighted by atomic mass is 16.6. The first kappa shape index (κ1) is 29.9. The third kappa shape index (κ3) is 7.83. The van der Waals surface area contributed by atoms with Crippen LogP contribution in [0.25, 0.3) is 5.69 Å². The van der Waals surface area contributed by atoms with Crippen molar-refractivity contribution in [1.29, 1.82) is 0 Å². The number of aromatic nitrogens is 2. The molecule has 0 radical (unpaired) electrons. The zero-order valence-corrected chi connectivity index (χ0v) is 25.5. The lowest BCUT2D eigenvalue weighted by Gasteiger charge is -2.31. The number of hydrogen-bond donors (Lipinski definition) is 2. The molecule has 8 heteroatoms. The van der Waals surface area contributed by atoms with Gasteiger partial charge in [-0.2, -0.15) is 5.10 Å². The van der Waals surface area contributed by atoms with Crippen LogP contribution in [-0.2, 0) is 23.2 Å². The maximum atomic E-state index is 13.3. The number of anilines is 2. The molecule has 1 aliphatic rings. The number of ether oxygens (including phenoxy) is 1. The number of aryl methyl sites for hydroxylation is 1. The molecule has 0 unspecified atom stereocenters. The van der Waals surface area contributed by atoms with Gasteiger partial charge >= 0.3 is 12.1 Å². The van der Waals surface area contributed by atoms with Gasteiger partial charge < -0.3 is 15.0 Å². The molecule has 3 amide bonds. The molecule has 0 bridgehead atoms. The van der Waals surface area contributed by atoms with Gasteiger partial charge in [-0.1, -0.05) is 87.0 Å². The van der Waals surface area contributed by atoms with Crippen LogP contribution in [0.3, 0.4) is 0 Å². The van der Waals surface area contributed by atoms with Crippen LogP contribution in [0.4, 0.5) is 21.1 Å². The summed E-state index contributed by atoms with van der Waals surface area (Å²) in [6.07, 6.45) is 2.32. The van der Waals surface area contributed by atoms with Gasteiger partial charge in [0.25, 0.3) is 0 Å². The first-order valence-corrected chi connectivity index (χ1v) is 14.9. The molecule has 3 aromatic carbocycles. The molecule has 8 nitrogen and oxygen atoms in total. The molecule has 4 aromatic rings. The number of hydrogen-bond acceptors (Lipinski definition) is 4. The quantitative estimate of drug-likeness (QED) is 0.235. The van der Waals surface area contributed by atoms with E-state index in [1.54, 1.807) is 9.58 Å². The van der Waals surface area contributed by atoms with Gasteiger partial charge in [0.05, 0.1) is 11.4 Å². The Morgan fingerprint density at radius 1 is 0.907 bits per heavy atom. The largest absolute Gasteiger partial charge is 0.445 e. The summed E-state index contributed by atoms with van der Waals surface area (Å²) >= 11 is 0. The van der Waals surface area contributed by atoms with Crippen molar-refractivity contribution in [3.05, 3.63) is 107 Å². The van der Waals surface area contributed by atoms with Crippen molar-refractivity contribution in [2.45, 2.75) is 59.0 Å². The van der Waals surface area contributed by atoms with Crippen LogP contribution in [-0.4, -0.2) is 39.9 Å². The number of rotatable bonds is 7. The summed E-state index contributed by atoms with van der Waals surface area (Å²) in [7, 11) is 0. The predicted molar refractivity (Wildman–Crippen MR) is 171 cm³/mol. The molecule has 0 spiro atoms. The number of likely N-dealkylation sites (tertiary alicyclic amines) is 1. The van der Waals surface area contributed by atoms with Crippen molar-refractivity contribution in [3.63, 3.8) is 0 Å². The second-order valence-electron chi connectivity index (χ2n) is 12.3. The van der Waals surface area contributed by atoms with Crippen LogP contribution in [0.5, 0.6) is 0 Å². The number of piperidine rings is 1. The van der Waals surface area contributed by atoms with E-state index in [4.69, 9.17) is 9.84 Å². The zero-order chi connectivity index (χ0) is 30.4. The molecule has 1 saturated heterocycles. The normalized spacial score (nSPS) is 13.9. The highest BCUT2D eigenvalue weighted by Crippen LogP contribution is 2.28. The predicted octanol–water partition coefficient (Wildman–Crippen LogP) is 7.71. The Bertz CT molecular complexity index is 1530. The van der Waals surface area contributed by atoms with Gasteiger partial charge in [0.2, 0.25) is 0 Å². The maximum absolute atomic E-state index is 13.3. The van der Waals surface area contributed by atoms with E-state index >= 15 is 0 Å². The molecule has 0 aliphatic carbocycles. The number of benzene rings is 3. The van der Waals surface area contributed by atoms with E-state index in [9.17, 15) is 9.59 Å². The van der Waals surface area contributed by atoms with Crippen LogP contribution in [0, 0.1) is 12.8 Å². The lowest BCUT2D eigenvalue weighted by Crippen LogP contribution is -2.39. The zero-order valence-electron chi connectivity index (χ0n) is 25.5. The number of carbonyl (C=O) groups is 2. The summed E-state index contributed by atoms with van der Waals surface area (Å²) in [5.74, 6) is 1.01. The van der Waals surface area contributed by atoms with E-state index in [-0.39, 0.29) is 24.1 Å². The fraction of sp³-hybridized carbons (Fsp3) is 0.343. The summed E-state index contributed by atoms with van der Waals surface area (Å²) in [5.41, 5.74) is 5.58. The van der Waals surface area contributed by atoms with E-state index in [1.165, 1.54) is 0 Å². The van der Waals surface area contributed by atoms with E-state index in [0.717, 1.165) is 53.0 Å². The molecule has 224 valence electrons. The van der Waals surface area contributed by atoms with Crippen molar-refractivity contribution < 1.29 is 14.3 Å². The fourth-order valence-corrected chi connectivity index (χ4v) is 5.25. The Balaban J connectivity index is 1.19. The van der Waals surface area contributed by atoms with Gasteiger partial charge in [-0.05, 0) is 61.4 Å². The molecule has 2 N–H and O–H groups in total. The monoisotopic (exact) mass is 579 g/mol. The lowest BCUT2D eigenvalue weighted by molar-refractivity contribution is 0.0823. The van der Waals surface area contributed by atoms with E-state index in [0.29, 0.717) is 24.8 Å². The molecule has 2 heterocycles. The Kier molecular flexibility index (Phi) is 9.14. The molecule has 1 aliphatic heterocycles. The molecular weight excluding hydrogens is 538 g/mol. The van der Waals surface area contributed by atoms with Gasteiger partial charge in [0.15, 0.2) is 0 Å². The lowest BCUT2D eigenvalue weighted by atomic mass is 9.89. The highest BCUT2D eigenvalue weighted by molar-refractivity contribution is 6.00. The van der Waals surface area contributed by atoms with Gasteiger partial charge in [-0.3, -0.25) is 5.32 Å². The number of urea groups is 1. The van der Waals surface area contributed by atoms with Gasteiger partial charge in [0.1, 0.15) is 12.4 Å². The Morgan fingerprint density at radius 3 is 2.28 bits per heavy atom. The van der Waals surface area contributed by atoms with Crippen molar-refractivity contribution in [2.75, 3.05) is 23.7 Å².